The highest BCUT2D eigenvalue weighted by molar-refractivity contribution is 5.95. The smallest absolute Gasteiger partial charge is 0.424 e. The maximum absolute atomic E-state index is 14.5. The average Bonchev–Trinajstić information content (AvgIpc) is 2.94. The van der Waals surface area contributed by atoms with Gasteiger partial charge in [0.05, 0.1) is 44.2 Å². The maximum atomic E-state index is 14.5. The van der Waals surface area contributed by atoms with E-state index in [1.54, 1.807) is 13.8 Å². The number of aliphatic hydroxyl groups excluding tert-OH is 1. The molecule has 43 heavy (non-hydrogen) atoms. The Morgan fingerprint density at radius 1 is 1.12 bits per heavy atom. The number of benzene rings is 2. The summed E-state index contributed by atoms with van der Waals surface area (Å²) >= 11 is 0. The first-order valence-corrected chi connectivity index (χ1v) is 13.1. The van der Waals surface area contributed by atoms with E-state index in [9.17, 15) is 37.4 Å². The molecule has 6 N–H and O–H groups in total. The number of pyridine rings is 1. The number of halogens is 4. The van der Waals surface area contributed by atoms with Gasteiger partial charge in [-0.25, -0.2) is 9.37 Å². The summed E-state index contributed by atoms with van der Waals surface area (Å²) in [4.78, 5) is 28.8. The second-order valence-electron chi connectivity index (χ2n) is 9.61. The number of rotatable bonds is 13. The summed E-state index contributed by atoms with van der Waals surface area (Å²) in [5, 5.41) is 25.6. The first-order valence-electron chi connectivity index (χ1n) is 13.1. The van der Waals surface area contributed by atoms with E-state index in [2.05, 4.69) is 15.6 Å². The lowest BCUT2D eigenvalue weighted by Crippen LogP contribution is -2.51. The summed E-state index contributed by atoms with van der Waals surface area (Å²) in [6.45, 7) is 2.01. The number of anilines is 1. The van der Waals surface area contributed by atoms with Gasteiger partial charge in [-0.1, -0.05) is 0 Å². The van der Waals surface area contributed by atoms with Crippen LogP contribution >= 0.6 is 0 Å². The zero-order valence-corrected chi connectivity index (χ0v) is 23.6. The van der Waals surface area contributed by atoms with Gasteiger partial charge >= 0.3 is 6.18 Å². The highest BCUT2D eigenvalue weighted by Crippen LogP contribution is 2.42. The molecule has 0 bridgehead atoms. The van der Waals surface area contributed by atoms with Crippen LogP contribution in [0.25, 0.3) is 11.3 Å². The molecule has 0 unspecified atom stereocenters. The van der Waals surface area contributed by atoms with Crippen LogP contribution in [-0.2, 0) is 16.8 Å². The third-order valence-corrected chi connectivity index (χ3v) is 6.27. The summed E-state index contributed by atoms with van der Waals surface area (Å²) in [7, 11) is 1.33. The number of alkyl halides is 3. The van der Waals surface area contributed by atoms with Crippen molar-refractivity contribution in [1.29, 1.82) is 0 Å². The van der Waals surface area contributed by atoms with E-state index in [0.717, 1.165) is 18.2 Å². The first kappa shape index (κ1) is 33.1. The van der Waals surface area contributed by atoms with E-state index in [-0.39, 0.29) is 47.0 Å². The van der Waals surface area contributed by atoms with Crippen LogP contribution < -0.4 is 25.8 Å². The molecular weight excluding hydrogens is 576 g/mol. The van der Waals surface area contributed by atoms with E-state index in [0.29, 0.717) is 5.69 Å². The Labute approximate surface area is 244 Å². The molecule has 3 aromatic rings. The van der Waals surface area contributed by atoms with Gasteiger partial charge in [0, 0.05) is 23.2 Å². The van der Waals surface area contributed by atoms with Crippen molar-refractivity contribution in [2.75, 3.05) is 32.1 Å². The molecule has 0 saturated carbocycles. The number of nitrogens with two attached hydrogens (primary N) is 1. The molecule has 232 valence electrons. The van der Waals surface area contributed by atoms with Crippen molar-refractivity contribution in [1.82, 2.24) is 10.3 Å². The molecule has 0 saturated heterocycles. The van der Waals surface area contributed by atoms with Crippen LogP contribution in [0.2, 0.25) is 0 Å². The molecule has 1 aromatic heterocycles. The van der Waals surface area contributed by atoms with Crippen molar-refractivity contribution in [3.63, 3.8) is 0 Å². The zero-order valence-electron chi connectivity index (χ0n) is 23.6. The summed E-state index contributed by atoms with van der Waals surface area (Å²) < 4.78 is 68.1. The number of hydrogen-bond donors (Lipinski definition) is 5. The van der Waals surface area contributed by atoms with Crippen LogP contribution in [0.5, 0.6) is 11.5 Å². The lowest BCUT2D eigenvalue weighted by Gasteiger charge is -2.31. The molecule has 0 aliphatic carbocycles. The Kier molecular flexibility index (Phi) is 10.5. The Balaban J connectivity index is 2.06. The number of hydrogen-bond acceptors (Lipinski definition) is 8. The number of ether oxygens (including phenoxy) is 2. The highest BCUT2D eigenvalue weighted by Gasteiger charge is 2.56. The van der Waals surface area contributed by atoms with E-state index in [4.69, 9.17) is 15.2 Å². The van der Waals surface area contributed by atoms with Crippen molar-refractivity contribution in [2.24, 2.45) is 5.73 Å². The number of aliphatic hydroxyl groups is 2. The molecule has 0 radical (unpaired) electrons. The third kappa shape index (κ3) is 7.90. The normalized spacial score (nSPS) is 13.5. The fraction of sp³-hybridized carbons (Fsp3) is 0.345. The fourth-order valence-electron chi connectivity index (χ4n) is 4.11. The van der Waals surface area contributed by atoms with Gasteiger partial charge in [0.2, 0.25) is 11.5 Å². The van der Waals surface area contributed by atoms with E-state index >= 15 is 0 Å². The van der Waals surface area contributed by atoms with Gasteiger partial charge in [0.25, 0.3) is 5.91 Å². The Bertz CT molecular complexity index is 1450. The summed E-state index contributed by atoms with van der Waals surface area (Å²) in [5.41, 5.74) is 0.847. The molecule has 0 fully saturated rings. The van der Waals surface area contributed by atoms with Crippen molar-refractivity contribution in [2.45, 2.75) is 38.1 Å². The van der Waals surface area contributed by atoms with Crippen LogP contribution in [0.15, 0.2) is 48.5 Å². The quantitative estimate of drug-likeness (QED) is 0.185. The van der Waals surface area contributed by atoms with Gasteiger partial charge in [-0.05, 0) is 62.4 Å². The maximum Gasteiger partial charge on any atom is 0.424 e. The van der Waals surface area contributed by atoms with Gasteiger partial charge in [-0.2, -0.15) is 13.2 Å². The molecule has 1 heterocycles. The fourth-order valence-corrected chi connectivity index (χ4v) is 4.11. The minimum atomic E-state index is -5.36. The molecule has 0 spiro atoms. The zero-order chi connectivity index (χ0) is 31.9. The van der Waals surface area contributed by atoms with Gasteiger partial charge in [-0.3, -0.25) is 9.59 Å². The van der Waals surface area contributed by atoms with Gasteiger partial charge in [0.1, 0.15) is 23.0 Å². The van der Waals surface area contributed by atoms with E-state index in [1.165, 1.54) is 37.4 Å². The van der Waals surface area contributed by atoms with Crippen LogP contribution in [0.3, 0.4) is 0 Å². The van der Waals surface area contributed by atoms with Crippen molar-refractivity contribution < 1.29 is 46.8 Å². The molecular formula is C29H32F4N4O6. The van der Waals surface area contributed by atoms with E-state index < -0.39 is 54.2 Å². The summed E-state index contributed by atoms with van der Waals surface area (Å²) in [5.74, 6) is -2.36. The topological polar surface area (TPSA) is 156 Å². The number of methoxy groups -OCH3 is 1. The number of nitrogens with one attached hydrogen (secondary N) is 2. The number of carbonyl (C=O) groups excluding carboxylic acids is 2. The molecule has 2 atom stereocenters. The number of amides is 2. The Morgan fingerprint density at radius 2 is 1.79 bits per heavy atom. The standard InChI is InChI=1S/C29H32F4N4O6/c1-4-43-26-19(13-24(34)39)12-23(37-25(26)17-5-8-20(30)9-6-17)28(41,29(31,32)33)15-36-27(40)18-7-10-21(22(11-18)42-3)35-14-16(2)38/h5-12,16,35,38,41H,4,13-15H2,1-3H3,(H2,34,39)(H,36,40)/t16-,28+/m1/s1. The number of aromatic nitrogens is 1. The number of nitrogens with zero attached hydrogens (tertiary/aromatic N) is 1. The molecule has 10 nitrogen and oxygen atoms in total. The monoisotopic (exact) mass is 608 g/mol. The predicted octanol–water partition coefficient (Wildman–Crippen LogP) is 3.30. The average molecular weight is 609 g/mol. The lowest BCUT2D eigenvalue weighted by atomic mass is 9.93. The molecule has 0 aliphatic rings. The third-order valence-electron chi connectivity index (χ3n) is 6.27. The SMILES string of the molecule is CCOc1c(CC(N)=O)cc([C@@](O)(CNC(=O)c2ccc(NC[C@@H](C)O)c(OC)c2)C(F)(F)F)nc1-c1ccc(F)cc1. The van der Waals surface area contributed by atoms with Crippen LogP contribution in [0, 0.1) is 5.82 Å². The summed E-state index contributed by atoms with van der Waals surface area (Å²) in [6, 6.07) is 9.50. The second-order valence-corrected chi connectivity index (χ2v) is 9.61. The van der Waals surface area contributed by atoms with Crippen LogP contribution in [-0.4, -0.2) is 66.1 Å². The van der Waals surface area contributed by atoms with Crippen molar-refractivity contribution in [3.05, 3.63) is 71.2 Å². The second kappa shape index (κ2) is 13.7. The Hall–Kier alpha value is -4.43. The molecule has 2 amide bonds. The van der Waals surface area contributed by atoms with Gasteiger partial charge in [-0.15, -0.1) is 0 Å². The Morgan fingerprint density at radius 3 is 2.35 bits per heavy atom. The van der Waals surface area contributed by atoms with Crippen molar-refractivity contribution in [3.8, 4) is 22.8 Å². The molecule has 14 heteroatoms. The lowest BCUT2D eigenvalue weighted by molar-refractivity contribution is -0.265. The van der Waals surface area contributed by atoms with Crippen LogP contribution in [0.1, 0.15) is 35.5 Å². The van der Waals surface area contributed by atoms with Gasteiger partial charge < -0.3 is 36.1 Å². The largest absolute Gasteiger partial charge is 0.495 e. The molecule has 0 aliphatic heterocycles. The molecule has 2 aromatic carbocycles. The highest BCUT2D eigenvalue weighted by atomic mass is 19.4. The summed E-state index contributed by atoms with van der Waals surface area (Å²) in [6.07, 6.45) is -6.61. The van der Waals surface area contributed by atoms with Gasteiger partial charge in [0.15, 0.2) is 0 Å². The van der Waals surface area contributed by atoms with Crippen molar-refractivity contribution >= 4 is 17.5 Å². The minimum Gasteiger partial charge on any atom is -0.495 e. The first-order chi connectivity index (χ1) is 20.2. The number of primary amides is 1. The van der Waals surface area contributed by atoms with E-state index in [1.807, 2.05) is 0 Å². The molecule has 3 rings (SSSR count). The minimum absolute atomic E-state index is 0.0391. The number of carbonyl (C=O) groups is 2. The van der Waals surface area contributed by atoms with Crippen LogP contribution in [0.4, 0.5) is 23.2 Å². The predicted molar refractivity (Wildman–Crippen MR) is 149 cm³/mol.